The number of carbonyl (C=O) groups excluding carboxylic acids is 2. The van der Waals surface area contributed by atoms with Gasteiger partial charge in [0, 0.05) is 13.1 Å². The second-order valence-electron chi connectivity index (χ2n) is 8.93. The lowest BCUT2D eigenvalue weighted by Crippen LogP contribution is -2.52. The first-order valence-corrected chi connectivity index (χ1v) is 14.1. The quantitative estimate of drug-likeness (QED) is 0.408. The molecule has 2 rings (SSSR count). The van der Waals surface area contributed by atoms with Crippen molar-refractivity contribution in [2.24, 2.45) is 0 Å². The Labute approximate surface area is 215 Å². The van der Waals surface area contributed by atoms with E-state index < -0.39 is 28.5 Å². The average Bonchev–Trinajstić information content (AvgIpc) is 2.83. The molecule has 0 bridgehead atoms. The van der Waals surface area contributed by atoms with Gasteiger partial charge < -0.3 is 15.0 Å². The van der Waals surface area contributed by atoms with Gasteiger partial charge in [-0.2, -0.15) is 0 Å². The van der Waals surface area contributed by atoms with E-state index in [2.05, 4.69) is 5.32 Å². The molecule has 0 spiro atoms. The van der Waals surface area contributed by atoms with E-state index >= 15 is 0 Å². The van der Waals surface area contributed by atoms with Crippen LogP contribution < -0.4 is 14.4 Å². The monoisotopic (exact) mass is 517 g/mol. The molecule has 36 heavy (non-hydrogen) atoms. The van der Waals surface area contributed by atoms with Crippen LogP contribution in [0.3, 0.4) is 0 Å². The highest BCUT2D eigenvalue weighted by Gasteiger charge is 2.32. The smallest absolute Gasteiger partial charge is 0.244 e. The largest absolute Gasteiger partial charge is 0.497 e. The predicted octanol–water partition coefficient (Wildman–Crippen LogP) is 3.80. The van der Waals surface area contributed by atoms with Crippen LogP contribution in [0.2, 0.25) is 0 Å². The average molecular weight is 518 g/mol. The second-order valence-corrected chi connectivity index (χ2v) is 10.8. The number of methoxy groups -OCH3 is 1. The van der Waals surface area contributed by atoms with Crippen molar-refractivity contribution in [3.63, 3.8) is 0 Å². The third-order valence-corrected chi connectivity index (χ3v) is 7.35. The number of rotatable bonds is 13. The molecule has 2 aromatic rings. The van der Waals surface area contributed by atoms with Gasteiger partial charge in [-0.15, -0.1) is 0 Å². The van der Waals surface area contributed by atoms with Crippen molar-refractivity contribution < 1.29 is 22.7 Å². The number of aryl methyl sites for hydroxylation is 1. The third kappa shape index (κ3) is 7.71. The minimum absolute atomic E-state index is 0.139. The van der Waals surface area contributed by atoms with E-state index in [1.807, 2.05) is 45.9 Å². The Morgan fingerprint density at radius 3 is 2.39 bits per heavy atom. The summed E-state index contributed by atoms with van der Waals surface area (Å²) in [4.78, 5) is 28.3. The minimum Gasteiger partial charge on any atom is -0.497 e. The van der Waals surface area contributed by atoms with E-state index in [1.165, 1.54) is 4.90 Å². The van der Waals surface area contributed by atoms with Crippen LogP contribution in [0.5, 0.6) is 5.75 Å². The van der Waals surface area contributed by atoms with Gasteiger partial charge in [0.1, 0.15) is 18.3 Å². The number of nitrogens with one attached hydrogen (secondary N) is 1. The van der Waals surface area contributed by atoms with Gasteiger partial charge in [-0.1, -0.05) is 44.5 Å². The zero-order chi connectivity index (χ0) is 26.9. The zero-order valence-corrected chi connectivity index (χ0v) is 23.0. The molecule has 1 atom stereocenters. The lowest BCUT2D eigenvalue weighted by Gasteiger charge is -2.33. The fraction of sp³-hybridized carbons (Fsp3) is 0.481. The van der Waals surface area contributed by atoms with E-state index in [1.54, 1.807) is 31.4 Å². The van der Waals surface area contributed by atoms with Crippen molar-refractivity contribution in [3.05, 3.63) is 59.2 Å². The molecule has 0 radical (unpaired) electrons. The molecular weight excluding hydrogens is 478 g/mol. The summed E-state index contributed by atoms with van der Waals surface area (Å²) in [7, 11) is -2.21. The highest BCUT2D eigenvalue weighted by molar-refractivity contribution is 7.92. The van der Waals surface area contributed by atoms with Gasteiger partial charge in [-0.3, -0.25) is 13.9 Å². The topological polar surface area (TPSA) is 96.0 Å². The number of anilines is 1. The number of nitrogens with zero attached hydrogens (tertiary/aromatic N) is 2. The van der Waals surface area contributed by atoms with Gasteiger partial charge >= 0.3 is 0 Å². The van der Waals surface area contributed by atoms with Crippen LogP contribution in [-0.2, 0) is 26.2 Å². The number of ether oxygens (including phenoxy) is 1. The standard InChI is InChI=1S/C27H39N3O5S/c1-7-9-16-28-27(32)24(8-2)29(18-22-13-11-14-23(17-22)35-5)26(31)19-30(36(6,33)34)25-15-10-12-20(3)21(25)4/h10-15,17,24H,7-9,16,18-19H2,1-6H3,(H,28,32)/t24-/m0/s1. The van der Waals surface area contributed by atoms with Crippen molar-refractivity contribution in [1.29, 1.82) is 0 Å². The van der Waals surface area contributed by atoms with Crippen LogP contribution in [0.25, 0.3) is 0 Å². The molecule has 198 valence electrons. The molecule has 0 saturated carbocycles. The Morgan fingerprint density at radius 2 is 1.78 bits per heavy atom. The van der Waals surface area contributed by atoms with Crippen LogP contribution in [0.4, 0.5) is 5.69 Å². The molecule has 0 aromatic heterocycles. The molecule has 0 aliphatic heterocycles. The lowest BCUT2D eigenvalue weighted by molar-refractivity contribution is -0.140. The molecule has 8 nitrogen and oxygen atoms in total. The maximum Gasteiger partial charge on any atom is 0.244 e. The molecule has 2 amide bonds. The number of carbonyl (C=O) groups is 2. The fourth-order valence-corrected chi connectivity index (χ4v) is 4.89. The summed E-state index contributed by atoms with van der Waals surface area (Å²) in [6.45, 7) is 7.85. The number of amides is 2. The number of benzene rings is 2. The van der Waals surface area contributed by atoms with E-state index in [-0.39, 0.29) is 12.5 Å². The van der Waals surface area contributed by atoms with Crippen LogP contribution in [0.15, 0.2) is 42.5 Å². The summed E-state index contributed by atoms with van der Waals surface area (Å²) in [6, 6.07) is 11.9. The van der Waals surface area contributed by atoms with Crippen molar-refractivity contribution in [3.8, 4) is 5.75 Å². The highest BCUT2D eigenvalue weighted by Crippen LogP contribution is 2.26. The highest BCUT2D eigenvalue weighted by atomic mass is 32.2. The Kier molecular flexibility index (Phi) is 10.8. The molecule has 0 unspecified atom stereocenters. The molecule has 0 saturated heterocycles. The van der Waals surface area contributed by atoms with Crippen LogP contribution in [0.1, 0.15) is 49.8 Å². The van der Waals surface area contributed by atoms with E-state index in [4.69, 9.17) is 4.74 Å². The van der Waals surface area contributed by atoms with E-state index in [9.17, 15) is 18.0 Å². The zero-order valence-electron chi connectivity index (χ0n) is 22.2. The summed E-state index contributed by atoms with van der Waals surface area (Å²) in [6.07, 6.45) is 3.24. The van der Waals surface area contributed by atoms with Crippen molar-refractivity contribution >= 4 is 27.5 Å². The van der Waals surface area contributed by atoms with E-state index in [0.717, 1.165) is 40.1 Å². The summed E-state index contributed by atoms with van der Waals surface area (Å²) < 4.78 is 32.0. The Balaban J connectivity index is 2.46. The Morgan fingerprint density at radius 1 is 1.08 bits per heavy atom. The van der Waals surface area contributed by atoms with Crippen LogP contribution in [0, 0.1) is 13.8 Å². The normalized spacial score (nSPS) is 12.1. The van der Waals surface area contributed by atoms with Crippen LogP contribution in [-0.4, -0.2) is 57.6 Å². The summed E-state index contributed by atoms with van der Waals surface area (Å²) in [5, 5.41) is 2.92. The Hall–Kier alpha value is -3.07. The summed E-state index contributed by atoms with van der Waals surface area (Å²) >= 11 is 0. The van der Waals surface area contributed by atoms with Crippen LogP contribution >= 0.6 is 0 Å². The number of hydrogen-bond donors (Lipinski definition) is 1. The first-order chi connectivity index (χ1) is 17.0. The maximum atomic E-state index is 13.8. The van der Waals surface area contributed by atoms with Gasteiger partial charge in [0.2, 0.25) is 21.8 Å². The fourth-order valence-electron chi connectivity index (χ4n) is 3.99. The van der Waals surface area contributed by atoms with Crippen molar-refractivity contribution in [2.45, 2.75) is 59.5 Å². The number of sulfonamides is 1. The van der Waals surface area contributed by atoms with Gasteiger partial charge in [-0.05, 0) is 61.6 Å². The number of unbranched alkanes of at least 4 members (excludes halogenated alkanes) is 1. The second kappa shape index (κ2) is 13.3. The summed E-state index contributed by atoms with van der Waals surface area (Å²) in [5.41, 5.74) is 2.93. The third-order valence-electron chi connectivity index (χ3n) is 6.23. The Bertz CT molecular complexity index is 1150. The van der Waals surface area contributed by atoms with Gasteiger partial charge in [0.15, 0.2) is 0 Å². The number of hydrogen-bond acceptors (Lipinski definition) is 5. The van der Waals surface area contributed by atoms with Crippen molar-refractivity contribution in [1.82, 2.24) is 10.2 Å². The first kappa shape index (κ1) is 29.2. The van der Waals surface area contributed by atoms with Gasteiger partial charge in [-0.25, -0.2) is 8.42 Å². The molecule has 0 aliphatic rings. The molecule has 0 heterocycles. The lowest BCUT2D eigenvalue weighted by atomic mass is 10.1. The van der Waals surface area contributed by atoms with Gasteiger partial charge in [0.25, 0.3) is 0 Å². The molecule has 1 N–H and O–H groups in total. The molecule has 0 fully saturated rings. The molecule has 9 heteroatoms. The molecule has 0 aliphatic carbocycles. The first-order valence-electron chi connectivity index (χ1n) is 12.3. The van der Waals surface area contributed by atoms with Crippen molar-refractivity contribution in [2.75, 3.05) is 30.8 Å². The minimum atomic E-state index is -3.77. The summed E-state index contributed by atoms with van der Waals surface area (Å²) in [5.74, 6) is -0.0741. The molecular formula is C27H39N3O5S. The predicted molar refractivity (Wildman–Crippen MR) is 144 cm³/mol. The SMILES string of the molecule is CCCCNC(=O)[C@H](CC)N(Cc1cccc(OC)c1)C(=O)CN(c1cccc(C)c1C)S(C)(=O)=O. The molecule has 2 aromatic carbocycles. The maximum absolute atomic E-state index is 13.8. The van der Waals surface area contributed by atoms with E-state index in [0.29, 0.717) is 24.4 Å². The van der Waals surface area contributed by atoms with Gasteiger partial charge in [0.05, 0.1) is 19.1 Å².